The van der Waals surface area contributed by atoms with Gasteiger partial charge in [0, 0.05) is 22.3 Å². The largest absolute Gasteiger partial charge is 0.304 e. The monoisotopic (exact) mass is 246 g/mol. The SMILES string of the molecule is Cc1nc(CNC(C)(C)C(C)Cl)sc1C. The van der Waals surface area contributed by atoms with Crippen molar-refractivity contribution >= 4 is 22.9 Å². The Morgan fingerprint density at radius 1 is 1.47 bits per heavy atom. The van der Waals surface area contributed by atoms with E-state index in [1.54, 1.807) is 11.3 Å². The minimum Gasteiger partial charge on any atom is -0.304 e. The van der Waals surface area contributed by atoms with Crippen LogP contribution in [-0.2, 0) is 6.54 Å². The molecule has 0 aliphatic heterocycles. The maximum Gasteiger partial charge on any atom is 0.107 e. The molecule has 1 aromatic rings. The maximum absolute atomic E-state index is 6.09. The Labute approximate surface area is 101 Å². The summed E-state index contributed by atoms with van der Waals surface area (Å²) in [6, 6.07) is 0. The predicted octanol–water partition coefficient (Wildman–Crippen LogP) is 3.26. The Balaban J connectivity index is 2.57. The summed E-state index contributed by atoms with van der Waals surface area (Å²) in [7, 11) is 0. The molecule has 0 amide bonds. The normalized spacial score (nSPS) is 14.3. The molecule has 86 valence electrons. The Bertz CT molecular complexity index is 312. The topological polar surface area (TPSA) is 24.9 Å². The van der Waals surface area contributed by atoms with Crippen LogP contribution >= 0.6 is 22.9 Å². The highest BCUT2D eigenvalue weighted by Gasteiger charge is 2.23. The van der Waals surface area contributed by atoms with Crippen LogP contribution in [0.1, 0.15) is 36.3 Å². The number of nitrogens with one attached hydrogen (secondary N) is 1. The number of rotatable bonds is 4. The van der Waals surface area contributed by atoms with Gasteiger partial charge in [0.25, 0.3) is 0 Å². The molecule has 1 atom stereocenters. The van der Waals surface area contributed by atoms with Crippen LogP contribution in [0.4, 0.5) is 0 Å². The summed E-state index contributed by atoms with van der Waals surface area (Å²) in [5, 5.41) is 4.66. The molecule has 2 nitrogen and oxygen atoms in total. The summed E-state index contributed by atoms with van der Waals surface area (Å²) in [4.78, 5) is 5.78. The maximum atomic E-state index is 6.09. The van der Waals surface area contributed by atoms with Crippen LogP contribution < -0.4 is 5.32 Å². The fourth-order valence-electron chi connectivity index (χ4n) is 1.06. The van der Waals surface area contributed by atoms with Crippen molar-refractivity contribution in [3.8, 4) is 0 Å². The first-order valence-corrected chi connectivity index (χ1v) is 6.40. The van der Waals surface area contributed by atoms with E-state index in [0.717, 1.165) is 17.2 Å². The number of hydrogen-bond acceptors (Lipinski definition) is 3. The first-order chi connectivity index (χ1) is 6.83. The van der Waals surface area contributed by atoms with Gasteiger partial charge >= 0.3 is 0 Å². The van der Waals surface area contributed by atoms with E-state index < -0.39 is 0 Å². The van der Waals surface area contributed by atoms with Crippen molar-refractivity contribution in [1.82, 2.24) is 10.3 Å². The number of nitrogens with zero attached hydrogens (tertiary/aromatic N) is 1. The van der Waals surface area contributed by atoms with Gasteiger partial charge < -0.3 is 5.32 Å². The highest BCUT2D eigenvalue weighted by Crippen LogP contribution is 2.19. The van der Waals surface area contributed by atoms with Crippen LogP contribution in [0.15, 0.2) is 0 Å². The van der Waals surface area contributed by atoms with Gasteiger partial charge in [-0.05, 0) is 34.6 Å². The van der Waals surface area contributed by atoms with Gasteiger partial charge in [-0.15, -0.1) is 22.9 Å². The third-order valence-corrected chi connectivity index (χ3v) is 4.38. The van der Waals surface area contributed by atoms with Crippen LogP contribution in [0.3, 0.4) is 0 Å². The van der Waals surface area contributed by atoms with Crippen LogP contribution in [0, 0.1) is 13.8 Å². The second-order valence-corrected chi connectivity index (χ2v) is 6.38. The Morgan fingerprint density at radius 2 is 2.07 bits per heavy atom. The van der Waals surface area contributed by atoms with Crippen molar-refractivity contribution in [2.75, 3.05) is 0 Å². The number of aromatic nitrogens is 1. The lowest BCUT2D eigenvalue weighted by molar-refractivity contribution is 0.380. The van der Waals surface area contributed by atoms with Crippen LogP contribution in [0.5, 0.6) is 0 Å². The minimum absolute atomic E-state index is 0.0605. The van der Waals surface area contributed by atoms with Gasteiger partial charge in [0.15, 0.2) is 0 Å². The first-order valence-electron chi connectivity index (χ1n) is 5.15. The Kier molecular flexibility index (Phi) is 4.15. The zero-order chi connectivity index (χ0) is 11.6. The molecule has 0 saturated carbocycles. The third kappa shape index (κ3) is 3.44. The molecule has 1 heterocycles. The number of hydrogen-bond donors (Lipinski definition) is 1. The van der Waals surface area contributed by atoms with Gasteiger partial charge in [-0.25, -0.2) is 4.98 Å². The molecule has 1 unspecified atom stereocenters. The summed E-state index contributed by atoms with van der Waals surface area (Å²) in [5.74, 6) is 0. The van der Waals surface area contributed by atoms with Crippen molar-refractivity contribution in [3.63, 3.8) is 0 Å². The zero-order valence-electron chi connectivity index (χ0n) is 10.0. The molecule has 15 heavy (non-hydrogen) atoms. The summed E-state index contributed by atoms with van der Waals surface area (Å²) >= 11 is 7.84. The molecule has 0 saturated heterocycles. The average Bonchev–Trinajstić information content (AvgIpc) is 2.43. The van der Waals surface area contributed by atoms with Gasteiger partial charge in [0.1, 0.15) is 5.01 Å². The molecule has 0 fully saturated rings. The summed E-state index contributed by atoms with van der Waals surface area (Å²) in [6.45, 7) is 11.2. The number of alkyl halides is 1. The van der Waals surface area contributed by atoms with Gasteiger partial charge in [-0.1, -0.05) is 0 Å². The number of halogens is 1. The highest BCUT2D eigenvalue weighted by molar-refractivity contribution is 7.11. The smallest absolute Gasteiger partial charge is 0.107 e. The van der Waals surface area contributed by atoms with Crippen molar-refractivity contribution < 1.29 is 0 Å². The fourth-order valence-corrected chi connectivity index (χ4v) is 2.01. The van der Waals surface area contributed by atoms with Crippen molar-refractivity contribution in [1.29, 1.82) is 0 Å². The van der Waals surface area contributed by atoms with Gasteiger partial charge in [-0.2, -0.15) is 0 Å². The molecule has 1 rings (SSSR count). The average molecular weight is 247 g/mol. The fraction of sp³-hybridized carbons (Fsp3) is 0.727. The molecule has 1 aromatic heterocycles. The van der Waals surface area contributed by atoms with E-state index in [0.29, 0.717) is 0 Å². The Hall–Kier alpha value is -0.120. The first kappa shape index (κ1) is 12.9. The highest BCUT2D eigenvalue weighted by atomic mass is 35.5. The molecule has 0 aliphatic rings. The molecular formula is C11H19ClN2S. The van der Waals surface area contributed by atoms with E-state index in [1.807, 2.05) is 13.8 Å². The Morgan fingerprint density at radius 3 is 2.47 bits per heavy atom. The second kappa shape index (κ2) is 4.81. The van der Waals surface area contributed by atoms with Gasteiger partial charge in [0.2, 0.25) is 0 Å². The van der Waals surface area contributed by atoms with Crippen molar-refractivity contribution in [2.24, 2.45) is 0 Å². The quantitative estimate of drug-likeness (QED) is 0.825. The lowest BCUT2D eigenvalue weighted by atomic mass is 10.0. The molecule has 0 spiro atoms. The summed E-state index contributed by atoms with van der Waals surface area (Å²) in [6.07, 6.45) is 0. The predicted molar refractivity (Wildman–Crippen MR) is 67.8 cm³/mol. The standard InChI is InChI=1S/C11H19ClN2S/c1-7-8(2)15-10(14-7)6-13-11(4,5)9(3)12/h9,13H,6H2,1-5H3. The third-order valence-electron chi connectivity index (χ3n) is 2.76. The van der Waals surface area contributed by atoms with E-state index in [-0.39, 0.29) is 10.9 Å². The van der Waals surface area contributed by atoms with Crippen LogP contribution in [0.25, 0.3) is 0 Å². The molecule has 4 heteroatoms. The zero-order valence-corrected chi connectivity index (χ0v) is 11.6. The van der Waals surface area contributed by atoms with Crippen LogP contribution in [-0.4, -0.2) is 15.9 Å². The summed E-state index contributed by atoms with van der Waals surface area (Å²) in [5.41, 5.74) is 1.07. The second-order valence-electron chi connectivity index (χ2n) is 4.44. The van der Waals surface area contributed by atoms with Gasteiger partial charge in [-0.3, -0.25) is 0 Å². The van der Waals surface area contributed by atoms with E-state index >= 15 is 0 Å². The molecule has 0 aliphatic carbocycles. The molecule has 0 aromatic carbocycles. The van der Waals surface area contributed by atoms with E-state index in [1.165, 1.54) is 4.88 Å². The minimum atomic E-state index is -0.0605. The lowest BCUT2D eigenvalue weighted by Crippen LogP contribution is -2.45. The molecule has 1 N–H and O–H groups in total. The lowest BCUT2D eigenvalue weighted by Gasteiger charge is -2.28. The molecule has 0 bridgehead atoms. The van der Waals surface area contributed by atoms with E-state index in [2.05, 4.69) is 31.1 Å². The van der Waals surface area contributed by atoms with Crippen molar-refractivity contribution in [2.45, 2.75) is 52.1 Å². The van der Waals surface area contributed by atoms with Gasteiger partial charge in [0.05, 0.1) is 5.69 Å². The van der Waals surface area contributed by atoms with Crippen LogP contribution in [0.2, 0.25) is 0 Å². The molecular weight excluding hydrogens is 228 g/mol. The van der Waals surface area contributed by atoms with Crippen molar-refractivity contribution in [3.05, 3.63) is 15.6 Å². The van der Waals surface area contributed by atoms with E-state index in [4.69, 9.17) is 11.6 Å². The number of thiazole rings is 1. The van der Waals surface area contributed by atoms with E-state index in [9.17, 15) is 0 Å². The molecule has 0 radical (unpaired) electrons. The summed E-state index contributed by atoms with van der Waals surface area (Å²) < 4.78 is 0. The number of aryl methyl sites for hydroxylation is 2.